The second-order valence-electron chi connectivity index (χ2n) is 4.63. The number of aliphatic hydroxyl groups excluding tert-OH is 1. The summed E-state index contributed by atoms with van der Waals surface area (Å²) in [4.78, 5) is 9.75. The second-order valence-corrected chi connectivity index (χ2v) is 7.35. The molecule has 1 aromatic rings. The highest BCUT2D eigenvalue weighted by Gasteiger charge is 2.32. The second kappa shape index (κ2) is 6.05. The van der Waals surface area contributed by atoms with Gasteiger partial charge in [0.15, 0.2) is 0 Å². The van der Waals surface area contributed by atoms with E-state index < -0.39 is 26.7 Å². The minimum atomic E-state index is -3.96. The third kappa shape index (κ3) is 3.29. The van der Waals surface area contributed by atoms with E-state index in [1.807, 2.05) is 0 Å². The molecule has 1 aromatic carbocycles. The summed E-state index contributed by atoms with van der Waals surface area (Å²) in [6.45, 7) is 0.270. The molecule has 1 saturated heterocycles. The van der Waals surface area contributed by atoms with Crippen molar-refractivity contribution in [2.24, 2.45) is 0 Å². The number of nitro groups is 1. The minimum absolute atomic E-state index is 0.135. The van der Waals surface area contributed by atoms with Crippen LogP contribution in [-0.4, -0.2) is 41.9 Å². The fourth-order valence-corrected chi connectivity index (χ4v) is 4.36. The van der Waals surface area contributed by atoms with E-state index in [-0.39, 0.29) is 28.0 Å². The summed E-state index contributed by atoms with van der Waals surface area (Å²) < 4.78 is 26.1. The Morgan fingerprint density at radius 1 is 1.24 bits per heavy atom. The Balaban J connectivity index is 2.45. The Hall–Kier alpha value is -0.930. The van der Waals surface area contributed by atoms with Gasteiger partial charge in [-0.25, -0.2) is 8.42 Å². The molecule has 0 saturated carbocycles. The Morgan fingerprint density at radius 2 is 1.81 bits per heavy atom. The maximum absolute atomic E-state index is 12.5. The van der Waals surface area contributed by atoms with Gasteiger partial charge in [0, 0.05) is 19.2 Å². The number of nitro benzene ring substituents is 1. The largest absolute Gasteiger partial charge is 0.393 e. The van der Waals surface area contributed by atoms with Gasteiger partial charge in [-0.05, 0) is 18.9 Å². The Bertz CT molecular complexity index is 671. The van der Waals surface area contributed by atoms with Crippen LogP contribution in [0.2, 0.25) is 10.0 Å². The fourth-order valence-electron chi connectivity index (χ4n) is 2.08. The molecule has 0 unspecified atom stereocenters. The summed E-state index contributed by atoms with van der Waals surface area (Å²) >= 11 is 11.6. The molecule has 21 heavy (non-hydrogen) atoms. The highest BCUT2D eigenvalue weighted by molar-refractivity contribution is 7.89. The third-order valence-electron chi connectivity index (χ3n) is 3.24. The molecule has 1 aliphatic heterocycles. The molecule has 0 aromatic heterocycles. The van der Waals surface area contributed by atoms with Crippen molar-refractivity contribution in [3.63, 3.8) is 0 Å². The normalized spacial score (nSPS) is 17.9. The average molecular weight is 355 g/mol. The lowest BCUT2D eigenvalue weighted by atomic mass is 10.1. The van der Waals surface area contributed by atoms with Gasteiger partial charge >= 0.3 is 0 Å². The van der Waals surface area contributed by atoms with Gasteiger partial charge < -0.3 is 5.11 Å². The standard InChI is InChI=1S/C11H12Cl2N2O5S/c12-8-5-9(13)11(6-10(8)15(17)18)21(19,20)14-3-1-7(16)2-4-14/h5-7,16H,1-4H2. The van der Waals surface area contributed by atoms with Crippen molar-refractivity contribution in [3.8, 4) is 0 Å². The van der Waals surface area contributed by atoms with Crippen LogP contribution in [0.1, 0.15) is 12.8 Å². The maximum Gasteiger partial charge on any atom is 0.289 e. The minimum Gasteiger partial charge on any atom is -0.393 e. The first-order valence-corrected chi connectivity index (χ1v) is 8.24. The van der Waals surface area contributed by atoms with Crippen molar-refractivity contribution in [1.82, 2.24) is 4.31 Å². The molecule has 10 heteroatoms. The highest BCUT2D eigenvalue weighted by atomic mass is 35.5. The number of hydrogen-bond donors (Lipinski definition) is 1. The summed E-state index contributed by atoms with van der Waals surface area (Å²) in [6, 6.07) is 1.91. The van der Waals surface area contributed by atoms with Crippen LogP contribution in [0.3, 0.4) is 0 Å². The predicted octanol–water partition coefficient (Wildman–Crippen LogP) is 2.05. The van der Waals surface area contributed by atoms with Gasteiger partial charge in [0.05, 0.1) is 16.0 Å². The first kappa shape index (κ1) is 16.4. The molecule has 7 nitrogen and oxygen atoms in total. The predicted molar refractivity (Wildman–Crippen MR) is 77.1 cm³/mol. The lowest BCUT2D eigenvalue weighted by molar-refractivity contribution is -0.384. The highest BCUT2D eigenvalue weighted by Crippen LogP contribution is 2.35. The molecule has 1 fully saturated rings. The zero-order valence-corrected chi connectivity index (χ0v) is 13.0. The van der Waals surface area contributed by atoms with Crippen LogP contribution in [0.25, 0.3) is 0 Å². The zero-order chi connectivity index (χ0) is 15.8. The van der Waals surface area contributed by atoms with E-state index in [1.54, 1.807) is 0 Å². The van der Waals surface area contributed by atoms with E-state index >= 15 is 0 Å². The molecule has 0 aliphatic carbocycles. The number of aliphatic hydroxyl groups is 1. The van der Waals surface area contributed by atoms with Crippen molar-refractivity contribution >= 4 is 38.9 Å². The number of sulfonamides is 1. The molecular formula is C11H12Cl2N2O5S. The number of hydrogen-bond acceptors (Lipinski definition) is 5. The summed E-state index contributed by atoms with van der Waals surface area (Å²) in [6.07, 6.45) is 0.0884. The zero-order valence-electron chi connectivity index (χ0n) is 10.7. The van der Waals surface area contributed by atoms with E-state index in [2.05, 4.69) is 0 Å². The monoisotopic (exact) mass is 354 g/mol. The molecule has 1 aliphatic rings. The van der Waals surface area contributed by atoms with Crippen LogP contribution in [0.15, 0.2) is 17.0 Å². The summed E-state index contributed by atoms with van der Waals surface area (Å²) in [7, 11) is -3.96. The molecule has 0 spiro atoms. The lowest BCUT2D eigenvalue weighted by Crippen LogP contribution is -2.40. The van der Waals surface area contributed by atoms with Gasteiger partial charge in [0.25, 0.3) is 5.69 Å². The average Bonchev–Trinajstić information content (AvgIpc) is 2.38. The van der Waals surface area contributed by atoms with Crippen LogP contribution >= 0.6 is 23.2 Å². The number of benzene rings is 1. The van der Waals surface area contributed by atoms with Gasteiger partial charge in [-0.3, -0.25) is 10.1 Å². The van der Waals surface area contributed by atoms with Crippen LogP contribution in [0.5, 0.6) is 0 Å². The number of piperidine rings is 1. The smallest absolute Gasteiger partial charge is 0.289 e. The van der Waals surface area contributed by atoms with Crippen molar-refractivity contribution in [1.29, 1.82) is 0 Å². The van der Waals surface area contributed by atoms with Crippen LogP contribution in [0, 0.1) is 10.1 Å². The van der Waals surface area contributed by atoms with Gasteiger partial charge in [0.1, 0.15) is 9.92 Å². The van der Waals surface area contributed by atoms with E-state index in [0.29, 0.717) is 12.8 Å². The topological polar surface area (TPSA) is 101 Å². The Kier molecular flexibility index (Phi) is 4.74. The third-order valence-corrected chi connectivity index (χ3v) is 5.91. The van der Waals surface area contributed by atoms with Crippen molar-refractivity contribution in [3.05, 3.63) is 32.3 Å². The van der Waals surface area contributed by atoms with Crippen LogP contribution in [-0.2, 0) is 10.0 Å². The summed E-state index contributed by atoms with van der Waals surface area (Å²) in [5, 5.41) is 19.9. The lowest BCUT2D eigenvalue weighted by Gasteiger charge is -2.28. The molecule has 0 radical (unpaired) electrons. The molecule has 116 valence electrons. The summed E-state index contributed by atoms with van der Waals surface area (Å²) in [5.74, 6) is 0. The first-order valence-electron chi connectivity index (χ1n) is 6.05. The maximum atomic E-state index is 12.5. The first-order chi connectivity index (χ1) is 9.73. The Labute approximate surface area is 131 Å². The van der Waals surface area contributed by atoms with E-state index in [9.17, 15) is 23.6 Å². The quantitative estimate of drug-likeness (QED) is 0.661. The van der Waals surface area contributed by atoms with Crippen molar-refractivity contribution in [2.75, 3.05) is 13.1 Å². The van der Waals surface area contributed by atoms with Gasteiger partial charge in [-0.15, -0.1) is 0 Å². The fraction of sp³-hybridized carbons (Fsp3) is 0.455. The van der Waals surface area contributed by atoms with E-state index in [4.69, 9.17) is 23.2 Å². The molecule has 1 heterocycles. The van der Waals surface area contributed by atoms with Crippen molar-refractivity contribution < 1.29 is 18.4 Å². The molecule has 0 amide bonds. The van der Waals surface area contributed by atoms with Crippen LogP contribution < -0.4 is 0 Å². The Morgan fingerprint density at radius 3 is 2.33 bits per heavy atom. The van der Waals surface area contributed by atoms with Gasteiger partial charge in [-0.1, -0.05) is 23.2 Å². The van der Waals surface area contributed by atoms with E-state index in [0.717, 1.165) is 16.4 Å². The summed E-state index contributed by atoms with van der Waals surface area (Å²) in [5.41, 5.74) is -0.517. The van der Waals surface area contributed by atoms with Crippen LogP contribution in [0.4, 0.5) is 5.69 Å². The SMILES string of the molecule is O=[N+]([O-])c1cc(S(=O)(=O)N2CCC(O)CC2)c(Cl)cc1Cl. The molecule has 0 atom stereocenters. The van der Waals surface area contributed by atoms with Gasteiger partial charge in [-0.2, -0.15) is 4.31 Å². The molecule has 2 rings (SSSR count). The molecule has 1 N–H and O–H groups in total. The molecule has 0 bridgehead atoms. The number of nitrogens with zero attached hydrogens (tertiary/aromatic N) is 2. The van der Waals surface area contributed by atoms with E-state index in [1.165, 1.54) is 0 Å². The van der Waals surface area contributed by atoms with Gasteiger partial charge in [0.2, 0.25) is 10.0 Å². The molecular weight excluding hydrogens is 343 g/mol. The number of halogens is 2. The number of rotatable bonds is 3. The van der Waals surface area contributed by atoms with Crippen molar-refractivity contribution in [2.45, 2.75) is 23.8 Å².